The third-order valence-electron chi connectivity index (χ3n) is 9.10. The van der Waals surface area contributed by atoms with Crippen molar-refractivity contribution in [3.05, 3.63) is 52.8 Å². The average Bonchev–Trinajstić information content (AvgIpc) is 3.16. The van der Waals surface area contributed by atoms with E-state index >= 15 is 0 Å². The van der Waals surface area contributed by atoms with E-state index in [1.54, 1.807) is 19.2 Å². The number of hydrogen-bond acceptors (Lipinski definition) is 6. The number of carbonyl (C=O) groups excluding carboxylic acids is 1. The van der Waals surface area contributed by atoms with Crippen molar-refractivity contribution in [2.24, 2.45) is 24.6 Å². The van der Waals surface area contributed by atoms with Crippen molar-refractivity contribution >= 4 is 34.3 Å². The second-order valence-corrected chi connectivity index (χ2v) is 11.9. The summed E-state index contributed by atoms with van der Waals surface area (Å²) in [4.78, 5) is 22.5. The number of carbonyl (C=O) groups is 1. The molecule has 1 aliphatic carbocycles. The average molecular weight is 562 g/mol. The van der Waals surface area contributed by atoms with Gasteiger partial charge in [0.25, 0.3) is 5.91 Å². The molecule has 3 aliphatic rings. The molecule has 9 heteroatoms. The zero-order valence-electron chi connectivity index (χ0n) is 24.1. The number of amides is 1. The van der Waals surface area contributed by atoms with Gasteiger partial charge in [-0.05, 0) is 78.5 Å². The van der Waals surface area contributed by atoms with Gasteiger partial charge in [0.15, 0.2) is 0 Å². The number of halogens is 1. The van der Waals surface area contributed by atoms with E-state index in [-0.39, 0.29) is 37.4 Å². The summed E-state index contributed by atoms with van der Waals surface area (Å²) in [6.07, 6.45) is 4.20. The Morgan fingerprint density at radius 3 is 2.83 bits per heavy atom. The topological polar surface area (TPSA) is 96.8 Å². The summed E-state index contributed by atoms with van der Waals surface area (Å²) < 4.78 is 22.1. The second-order valence-electron chi connectivity index (χ2n) is 11.9. The van der Waals surface area contributed by atoms with Gasteiger partial charge >= 0.3 is 0 Å². The molecule has 0 saturated carbocycles. The highest BCUT2D eigenvalue weighted by Crippen LogP contribution is 2.44. The number of nitrogens with zero attached hydrogens (tertiary/aromatic N) is 4. The number of allylic oxidation sites excluding steroid dienone is 1. The first kappa shape index (κ1) is 27.7. The lowest BCUT2D eigenvalue weighted by atomic mass is 9.82. The van der Waals surface area contributed by atoms with Gasteiger partial charge in [0, 0.05) is 50.6 Å². The molecule has 0 radical (unpaired) electrons. The lowest BCUT2D eigenvalue weighted by Gasteiger charge is -2.35. The maximum absolute atomic E-state index is 14.2. The number of benzene rings is 2. The minimum atomic E-state index is -1.12. The first-order chi connectivity index (χ1) is 19.8. The number of fused-ring (bicyclic) bond motifs is 3. The van der Waals surface area contributed by atoms with E-state index in [0.717, 1.165) is 43.7 Å². The SMILES string of the molecule is COc1cc(C(=O)N2C[C@H](N)C[C@@H](F)C2)cc2nc(C3=Cc4cccc5c4CCC3C(C)CN5CCCO)n(C)c12. The van der Waals surface area contributed by atoms with Gasteiger partial charge in [0.1, 0.15) is 23.3 Å². The molecule has 3 N–H and O–H groups in total. The molecule has 1 amide bonds. The standard InChI is InChI=1S/C32H40FN5O3/c1-19-16-37(10-5-11-39)28-7-4-6-20-12-26(24(19)8-9-25(20)28)31-35-27-13-21(14-29(41-3)30(27)36(31)2)32(40)38-17-22(33)15-23(34)18-38/h4,6-7,12-14,19,22-24,39H,5,8-11,15-18,34H2,1-3H3/t19?,22-,23-,24?/m1/s1. The molecule has 1 saturated heterocycles. The van der Waals surface area contributed by atoms with Gasteiger partial charge in [-0.15, -0.1) is 0 Å². The molecule has 1 aromatic heterocycles. The molecule has 218 valence electrons. The van der Waals surface area contributed by atoms with Crippen molar-refractivity contribution in [1.29, 1.82) is 0 Å². The van der Waals surface area contributed by atoms with Crippen molar-refractivity contribution in [2.75, 3.05) is 44.8 Å². The molecular weight excluding hydrogens is 521 g/mol. The van der Waals surface area contributed by atoms with Gasteiger partial charge in [0.05, 0.1) is 19.2 Å². The van der Waals surface area contributed by atoms with E-state index in [0.29, 0.717) is 29.3 Å². The number of hydrogen-bond donors (Lipinski definition) is 2. The molecule has 2 aliphatic heterocycles. The molecular formula is C32H40FN5O3. The van der Waals surface area contributed by atoms with Crippen molar-refractivity contribution < 1.29 is 19.0 Å². The Hall–Kier alpha value is -3.43. The van der Waals surface area contributed by atoms with Crippen LogP contribution in [0.15, 0.2) is 30.3 Å². The molecule has 8 nitrogen and oxygen atoms in total. The van der Waals surface area contributed by atoms with Crippen LogP contribution in [0.5, 0.6) is 5.75 Å². The van der Waals surface area contributed by atoms with E-state index in [2.05, 4.69) is 40.7 Å². The van der Waals surface area contributed by atoms with Crippen LogP contribution in [0.25, 0.3) is 22.7 Å². The number of imidazole rings is 1. The molecule has 2 bridgehead atoms. The quantitative estimate of drug-likeness (QED) is 0.472. The number of methoxy groups -OCH3 is 1. The highest BCUT2D eigenvalue weighted by atomic mass is 19.1. The highest BCUT2D eigenvalue weighted by molar-refractivity contribution is 6.00. The highest BCUT2D eigenvalue weighted by Gasteiger charge is 2.34. The normalized spacial score (nSPS) is 24.2. The van der Waals surface area contributed by atoms with E-state index < -0.39 is 6.17 Å². The molecule has 3 aromatic rings. The number of piperidine rings is 1. The molecule has 2 aromatic carbocycles. The van der Waals surface area contributed by atoms with Crippen LogP contribution in [-0.4, -0.2) is 77.6 Å². The lowest BCUT2D eigenvalue weighted by molar-refractivity contribution is 0.0606. The summed E-state index contributed by atoms with van der Waals surface area (Å²) in [6.45, 7) is 4.59. The zero-order chi connectivity index (χ0) is 28.8. The summed E-state index contributed by atoms with van der Waals surface area (Å²) in [6, 6.07) is 9.67. The second kappa shape index (κ2) is 11.1. The number of ether oxygens (including phenoxy) is 1. The summed E-state index contributed by atoms with van der Waals surface area (Å²) in [5.74, 6) is 1.81. The van der Waals surface area contributed by atoms with Gasteiger partial charge in [-0.25, -0.2) is 9.37 Å². The van der Waals surface area contributed by atoms with Gasteiger partial charge in [-0.1, -0.05) is 19.1 Å². The van der Waals surface area contributed by atoms with Crippen LogP contribution in [0.4, 0.5) is 10.1 Å². The zero-order valence-corrected chi connectivity index (χ0v) is 24.1. The van der Waals surface area contributed by atoms with Crippen LogP contribution in [0.1, 0.15) is 53.5 Å². The predicted octanol–water partition coefficient (Wildman–Crippen LogP) is 4.03. The third kappa shape index (κ3) is 4.99. The summed E-state index contributed by atoms with van der Waals surface area (Å²) in [7, 11) is 3.60. The number of nitrogens with two attached hydrogens (primary N) is 1. The first-order valence-electron chi connectivity index (χ1n) is 14.7. The van der Waals surface area contributed by atoms with Crippen LogP contribution in [0.3, 0.4) is 0 Å². The number of aromatic nitrogens is 2. The smallest absolute Gasteiger partial charge is 0.254 e. The van der Waals surface area contributed by atoms with E-state index in [1.165, 1.54) is 27.3 Å². The molecule has 6 rings (SSSR count). The molecule has 4 atom stereocenters. The number of rotatable bonds is 6. The number of aliphatic hydroxyl groups excluding tert-OH is 1. The third-order valence-corrected chi connectivity index (χ3v) is 9.10. The van der Waals surface area contributed by atoms with Crippen molar-refractivity contribution in [3.8, 4) is 5.75 Å². The van der Waals surface area contributed by atoms with Crippen molar-refractivity contribution in [2.45, 2.75) is 44.8 Å². The predicted molar refractivity (Wildman–Crippen MR) is 160 cm³/mol. The Morgan fingerprint density at radius 1 is 1.24 bits per heavy atom. The Labute approximate surface area is 240 Å². The molecule has 41 heavy (non-hydrogen) atoms. The molecule has 1 fully saturated rings. The van der Waals surface area contributed by atoms with Gasteiger partial charge in [-0.2, -0.15) is 0 Å². The van der Waals surface area contributed by atoms with Crippen molar-refractivity contribution in [3.63, 3.8) is 0 Å². The van der Waals surface area contributed by atoms with Crippen LogP contribution >= 0.6 is 0 Å². The Balaban J connectivity index is 1.44. The molecule has 2 unspecified atom stereocenters. The fourth-order valence-electron chi connectivity index (χ4n) is 7.16. The summed E-state index contributed by atoms with van der Waals surface area (Å²) in [5, 5.41) is 9.54. The van der Waals surface area contributed by atoms with Crippen LogP contribution < -0.4 is 15.4 Å². The Morgan fingerprint density at radius 2 is 2.07 bits per heavy atom. The maximum atomic E-state index is 14.2. The lowest BCUT2D eigenvalue weighted by Crippen LogP contribution is -2.50. The summed E-state index contributed by atoms with van der Waals surface area (Å²) >= 11 is 0. The number of aliphatic hydroxyl groups is 1. The van der Waals surface area contributed by atoms with Crippen LogP contribution in [-0.2, 0) is 13.5 Å². The van der Waals surface area contributed by atoms with Crippen LogP contribution in [0.2, 0.25) is 0 Å². The maximum Gasteiger partial charge on any atom is 0.254 e. The monoisotopic (exact) mass is 561 g/mol. The van der Waals surface area contributed by atoms with Gasteiger partial charge in [0.2, 0.25) is 0 Å². The molecule has 0 spiro atoms. The minimum Gasteiger partial charge on any atom is -0.494 e. The number of aryl methyl sites for hydroxylation is 1. The molecule has 3 heterocycles. The summed E-state index contributed by atoms with van der Waals surface area (Å²) in [5.41, 5.74) is 13.0. The Kier molecular flexibility index (Phi) is 7.50. The Bertz CT molecular complexity index is 1490. The van der Waals surface area contributed by atoms with Crippen LogP contribution in [0, 0.1) is 11.8 Å². The largest absolute Gasteiger partial charge is 0.494 e. The fraction of sp³-hybridized carbons (Fsp3) is 0.500. The van der Waals surface area contributed by atoms with Crippen molar-refractivity contribution in [1.82, 2.24) is 14.5 Å². The van der Waals surface area contributed by atoms with E-state index in [9.17, 15) is 14.3 Å². The number of anilines is 1. The van der Waals surface area contributed by atoms with Gasteiger partial charge < -0.3 is 29.9 Å². The number of likely N-dealkylation sites (tertiary alicyclic amines) is 1. The van der Waals surface area contributed by atoms with E-state index in [4.69, 9.17) is 15.5 Å². The van der Waals surface area contributed by atoms with Gasteiger partial charge in [-0.3, -0.25) is 4.79 Å². The van der Waals surface area contributed by atoms with E-state index in [1.807, 2.05) is 7.05 Å². The minimum absolute atomic E-state index is 0.0452. The first-order valence-corrected chi connectivity index (χ1v) is 14.7. The fourth-order valence-corrected chi connectivity index (χ4v) is 7.16. The number of alkyl halides is 1.